The molecule has 0 aliphatic carbocycles. The number of anilines is 1. The van der Waals surface area contributed by atoms with Crippen molar-refractivity contribution in [2.24, 2.45) is 10.7 Å². The Morgan fingerprint density at radius 2 is 2.08 bits per heavy atom. The van der Waals surface area contributed by atoms with Crippen LogP contribution in [0, 0.1) is 0 Å². The van der Waals surface area contributed by atoms with Crippen LogP contribution in [0.15, 0.2) is 53.5 Å². The molecule has 1 aliphatic rings. The first kappa shape index (κ1) is 17.6. The number of rotatable bonds is 5. The molecule has 0 aromatic heterocycles. The molecule has 0 amide bonds. The summed E-state index contributed by atoms with van der Waals surface area (Å²) in [5.41, 5.74) is 7.94. The molecule has 132 valence electrons. The summed E-state index contributed by atoms with van der Waals surface area (Å²) in [4.78, 5) is 4.39. The minimum absolute atomic E-state index is 0.0880. The van der Waals surface area contributed by atoms with Gasteiger partial charge in [0.25, 0.3) is 0 Å². The number of hydrogen-bond acceptors (Lipinski definition) is 3. The molecule has 25 heavy (non-hydrogen) atoms. The predicted octanol–water partition coefficient (Wildman–Crippen LogP) is 4.00. The van der Waals surface area contributed by atoms with E-state index in [1.54, 1.807) is 19.2 Å². The van der Waals surface area contributed by atoms with Gasteiger partial charge < -0.3 is 20.5 Å². The Balaban J connectivity index is 1.53. The van der Waals surface area contributed by atoms with E-state index in [4.69, 9.17) is 26.8 Å². The number of benzene rings is 2. The first-order valence-corrected chi connectivity index (χ1v) is 8.64. The van der Waals surface area contributed by atoms with E-state index in [9.17, 15) is 0 Å². The molecular weight excluding hydrogens is 338 g/mol. The number of nitrogens with zero attached hydrogens (tertiary/aromatic N) is 1. The van der Waals surface area contributed by atoms with Crippen molar-refractivity contribution in [3.63, 3.8) is 0 Å². The summed E-state index contributed by atoms with van der Waals surface area (Å²) in [6.07, 6.45) is 2.22. The largest absolute Gasteiger partial charge is 0.495 e. The van der Waals surface area contributed by atoms with Gasteiger partial charge in [0.2, 0.25) is 0 Å². The van der Waals surface area contributed by atoms with Gasteiger partial charge in [0.15, 0.2) is 5.96 Å². The number of nitrogens with two attached hydrogens (primary N) is 1. The molecule has 3 rings (SSSR count). The van der Waals surface area contributed by atoms with Crippen LogP contribution in [0.3, 0.4) is 0 Å². The average Bonchev–Trinajstić information content (AvgIpc) is 3.10. The molecule has 0 saturated carbocycles. The highest BCUT2D eigenvalue weighted by Gasteiger charge is 2.26. The van der Waals surface area contributed by atoms with Gasteiger partial charge in [-0.3, -0.25) is 4.99 Å². The predicted molar refractivity (Wildman–Crippen MR) is 101 cm³/mol. The van der Waals surface area contributed by atoms with Crippen molar-refractivity contribution in [2.75, 3.05) is 19.0 Å². The number of ether oxygens (including phenoxy) is 2. The SMILES string of the molecule is COc1ccc(NC(N)=NC[C@H]2CC[C@H](c3ccccc3)O2)cc1Cl. The summed E-state index contributed by atoms with van der Waals surface area (Å²) in [6, 6.07) is 15.6. The smallest absolute Gasteiger partial charge is 0.193 e. The fraction of sp³-hybridized carbons (Fsp3) is 0.316. The molecule has 5 nitrogen and oxygen atoms in total. The van der Waals surface area contributed by atoms with E-state index in [1.807, 2.05) is 24.3 Å². The Labute approximate surface area is 152 Å². The summed E-state index contributed by atoms with van der Waals surface area (Å²) in [6.45, 7) is 0.534. The highest BCUT2D eigenvalue weighted by molar-refractivity contribution is 6.32. The molecule has 2 atom stereocenters. The molecule has 1 heterocycles. The Morgan fingerprint density at radius 3 is 2.80 bits per heavy atom. The van der Waals surface area contributed by atoms with Crippen LogP contribution in [0.5, 0.6) is 5.75 Å². The summed E-state index contributed by atoms with van der Waals surface area (Å²) in [5, 5.41) is 3.55. The maximum Gasteiger partial charge on any atom is 0.193 e. The van der Waals surface area contributed by atoms with Crippen molar-refractivity contribution in [2.45, 2.75) is 25.0 Å². The second-order valence-electron chi connectivity index (χ2n) is 5.94. The van der Waals surface area contributed by atoms with E-state index in [0.717, 1.165) is 18.5 Å². The van der Waals surface area contributed by atoms with Gasteiger partial charge in [-0.1, -0.05) is 41.9 Å². The lowest BCUT2D eigenvalue weighted by molar-refractivity contribution is 0.0501. The molecule has 0 bridgehead atoms. The van der Waals surface area contributed by atoms with E-state index in [-0.39, 0.29) is 12.2 Å². The summed E-state index contributed by atoms with van der Waals surface area (Å²) >= 11 is 6.10. The zero-order valence-corrected chi connectivity index (χ0v) is 14.9. The molecule has 2 aromatic rings. The van der Waals surface area contributed by atoms with Gasteiger partial charge in [-0.15, -0.1) is 0 Å². The number of hydrogen-bond donors (Lipinski definition) is 2. The topological polar surface area (TPSA) is 68.9 Å². The number of methoxy groups -OCH3 is 1. The van der Waals surface area contributed by atoms with Gasteiger partial charge >= 0.3 is 0 Å². The maximum atomic E-state index is 6.10. The minimum atomic E-state index is 0.0880. The Bertz CT molecular complexity index is 737. The average molecular weight is 360 g/mol. The van der Waals surface area contributed by atoms with E-state index in [2.05, 4.69) is 22.4 Å². The third-order valence-electron chi connectivity index (χ3n) is 4.17. The number of guanidine groups is 1. The third-order valence-corrected chi connectivity index (χ3v) is 4.46. The van der Waals surface area contributed by atoms with Crippen LogP contribution in [0.2, 0.25) is 5.02 Å². The molecule has 3 N–H and O–H groups in total. The highest BCUT2D eigenvalue weighted by atomic mass is 35.5. The van der Waals surface area contributed by atoms with Crippen LogP contribution >= 0.6 is 11.6 Å². The Morgan fingerprint density at radius 1 is 1.28 bits per heavy atom. The van der Waals surface area contributed by atoms with Crippen LogP contribution < -0.4 is 15.8 Å². The van der Waals surface area contributed by atoms with Crippen molar-refractivity contribution in [1.82, 2.24) is 0 Å². The normalized spacial score (nSPS) is 20.5. The first-order valence-electron chi connectivity index (χ1n) is 8.26. The molecule has 6 heteroatoms. The van der Waals surface area contributed by atoms with E-state index in [0.29, 0.717) is 23.3 Å². The first-order chi connectivity index (χ1) is 12.2. The van der Waals surface area contributed by atoms with Gasteiger partial charge in [0.05, 0.1) is 30.9 Å². The third kappa shape index (κ3) is 4.65. The summed E-state index contributed by atoms with van der Waals surface area (Å²) in [5.74, 6) is 0.960. The zero-order valence-electron chi connectivity index (χ0n) is 14.1. The lowest BCUT2D eigenvalue weighted by Crippen LogP contribution is -2.24. The van der Waals surface area contributed by atoms with Gasteiger partial charge in [-0.25, -0.2) is 0 Å². The zero-order chi connectivity index (χ0) is 17.6. The molecule has 1 fully saturated rings. The summed E-state index contributed by atoms with van der Waals surface area (Å²) < 4.78 is 11.2. The van der Waals surface area contributed by atoms with Crippen molar-refractivity contribution >= 4 is 23.2 Å². The number of aliphatic imine (C=N–C) groups is 1. The molecule has 0 unspecified atom stereocenters. The molecule has 1 saturated heterocycles. The Kier molecular flexibility index (Phi) is 5.79. The van der Waals surface area contributed by atoms with Crippen molar-refractivity contribution in [3.05, 3.63) is 59.1 Å². The quantitative estimate of drug-likeness (QED) is 0.625. The fourth-order valence-corrected chi connectivity index (χ4v) is 3.14. The molecule has 1 aliphatic heterocycles. The highest BCUT2D eigenvalue weighted by Crippen LogP contribution is 2.32. The standard InChI is InChI=1S/C19H22ClN3O2/c1-24-18-9-7-14(11-16(18)20)23-19(21)22-12-15-8-10-17(25-15)13-5-3-2-4-6-13/h2-7,9,11,15,17H,8,10,12H2,1H3,(H3,21,22,23)/t15-,17-/m1/s1. The van der Waals surface area contributed by atoms with Crippen LogP contribution in [-0.4, -0.2) is 25.7 Å². The minimum Gasteiger partial charge on any atom is -0.495 e. The van der Waals surface area contributed by atoms with Crippen molar-refractivity contribution < 1.29 is 9.47 Å². The maximum absolute atomic E-state index is 6.10. The van der Waals surface area contributed by atoms with Crippen molar-refractivity contribution in [1.29, 1.82) is 0 Å². The van der Waals surface area contributed by atoms with Gasteiger partial charge in [-0.2, -0.15) is 0 Å². The van der Waals surface area contributed by atoms with E-state index >= 15 is 0 Å². The van der Waals surface area contributed by atoms with Gasteiger partial charge in [0, 0.05) is 5.69 Å². The lowest BCUT2D eigenvalue weighted by atomic mass is 10.1. The van der Waals surface area contributed by atoms with Gasteiger partial charge in [-0.05, 0) is 36.6 Å². The Hall–Kier alpha value is -2.24. The van der Waals surface area contributed by atoms with Crippen LogP contribution in [0.1, 0.15) is 24.5 Å². The second kappa shape index (κ2) is 8.23. The molecular formula is C19H22ClN3O2. The van der Waals surface area contributed by atoms with Gasteiger partial charge in [0.1, 0.15) is 5.75 Å². The number of nitrogens with one attached hydrogen (secondary N) is 1. The summed E-state index contributed by atoms with van der Waals surface area (Å²) in [7, 11) is 1.58. The van der Waals surface area contributed by atoms with E-state index < -0.39 is 0 Å². The van der Waals surface area contributed by atoms with Crippen LogP contribution in [0.4, 0.5) is 5.69 Å². The van der Waals surface area contributed by atoms with Crippen molar-refractivity contribution in [3.8, 4) is 5.75 Å². The monoisotopic (exact) mass is 359 g/mol. The second-order valence-corrected chi connectivity index (χ2v) is 6.34. The molecule has 2 aromatic carbocycles. The fourth-order valence-electron chi connectivity index (χ4n) is 2.88. The van der Waals surface area contributed by atoms with Crippen LogP contribution in [0.25, 0.3) is 0 Å². The molecule has 0 spiro atoms. The lowest BCUT2D eigenvalue weighted by Gasteiger charge is -2.13. The van der Waals surface area contributed by atoms with Crippen LogP contribution in [-0.2, 0) is 4.74 Å². The molecule has 0 radical (unpaired) electrons. The number of halogens is 1. The van der Waals surface area contributed by atoms with E-state index in [1.165, 1.54) is 5.56 Å².